The molecule has 0 saturated carbocycles. The summed E-state index contributed by atoms with van der Waals surface area (Å²) in [7, 11) is 0. The molecule has 0 aromatic rings. The predicted octanol–water partition coefficient (Wildman–Crippen LogP) is 1.54. The zero-order valence-electron chi connectivity index (χ0n) is 4.79. The molecule has 0 saturated heterocycles. The first-order valence-corrected chi connectivity index (χ1v) is 2.41. The molecule has 0 spiro atoms. The first-order valence-electron chi connectivity index (χ1n) is 2.41. The number of hydrogen-bond acceptors (Lipinski definition) is 3. The van der Waals surface area contributed by atoms with E-state index in [9.17, 15) is 8.78 Å². The van der Waals surface area contributed by atoms with E-state index in [4.69, 9.17) is 0 Å². The summed E-state index contributed by atoms with van der Waals surface area (Å²) in [5, 5.41) is 0. The van der Waals surface area contributed by atoms with Crippen molar-refractivity contribution < 1.29 is 23.0 Å². The molecule has 0 amide bonds. The molecule has 1 aliphatic heterocycles. The predicted molar refractivity (Wildman–Crippen MR) is 26.5 cm³/mol. The lowest BCUT2D eigenvalue weighted by molar-refractivity contribution is -0.134. The smallest absolute Gasteiger partial charge is 0.389 e. The molecule has 1 heterocycles. The number of alkyl halides is 2. The number of halogens is 2. The maximum Gasteiger partial charge on any atom is 0.389 e. The van der Waals surface area contributed by atoms with Crippen molar-refractivity contribution in [3.05, 3.63) is 24.7 Å². The van der Waals surface area contributed by atoms with Crippen LogP contribution in [-0.2, 0) is 14.2 Å². The lowest BCUT2D eigenvalue weighted by Gasteiger charge is -2.08. The Morgan fingerprint density at radius 2 is 2.20 bits per heavy atom. The summed E-state index contributed by atoms with van der Waals surface area (Å²) in [5.74, 6) is -0.350. The highest BCUT2D eigenvalue weighted by atomic mass is 19.3. The Labute approximate surface area is 55.5 Å². The van der Waals surface area contributed by atoms with Crippen LogP contribution < -0.4 is 0 Å². The van der Waals surface area contributed by atoms with E-state index in [0.717, 1.165) is 12.5 Å². The van der Waals surface area contributed by atoms with Crippen LogP contribution in [0.1, 0.15) is 0 Å². The molecule has 56 valence electrons. The molecule has 1 aliphatic rings. The Bertz CT molecular complexity index is 164. The van der Waals surface area contributed by atoms with Crippen LogP contribution in [0.25, 0.3) is 0 Å². The molecule has 1 rings (SSSR count). The number of rotatable bonds is 2. The second-order valence-corrected chi connectivity index (χ2v) is 1.34. The van der Waals surface area contributed by atoms with Gasteiger partial charge in [0.1, 0.15) is 12.5 Å². The number of ether oxygens (including phenoxy) is 3. The van der Waals surface area contributed by atoms with Gasteiger partial charge in [-0.1, -0.05) is 0 Å². The molecule has 3 nitrogen and oxygen atoms in total. The average Bonchev–Trinajstić information content (AvgIpc) is 1.88. The van der Waals surface area contributed by atoms with Gasteiger partial charge in [-0.25, -0.2) is 0 Å². The first kappa shape index (κ1) is 6.85. The Morgan fingerprint density at radius 1 is 1.40 bits per heavy atom. The standard InChI is InChI=1S/C5H4F2O3/c6-5(7)10-4-3-8-1-2-9-4/h1-3,5H. The molecule has 0 aromatic carbocycles. The van der Waals surface area contributed by atoms with Crippen LogP contribution in [0.15, 0.2) is 24.7 Å². The second kappa shape index (κ2) is 3.05. The van der Waals surface area contributed by atoms with Crippen molar-refractivity contribution in [2.75, 3.05) is 0 Å². The third-order valence-electron chi connectivity index (χ3n) is 0.688. The van der Waals surface area contributed by atoms with E-state index < -0.39 is 6.61 Å². The fourth-order valence-corrected chi connectivity index (χ4v) is 0.393. The summed E-state index contributed by atoms with van der Waals surface area (Å²) in [6.07, 6.45) is 3.22. The lowest BCUT2D eigenvalue weighted by Crippen LogP contribution is -2.02. The Hall–Kier alpha value is -1.26. The highest BCUT2D eigenvalue weighted by Crippen LogP contribution is 2.10. The van der Waals surface area contributed by atoms with Gasteiger partial charge in [-0.2, -0.15) is 8.78 Å². The van der Waals surface area contributed by atoms with Gasteiger partial charge < -0.3 is 14.2 Å². The molecule has 0 atom stereocenters. The average molecular weight is 150 g/mol. The summed E-state index contributed by atoms with van der Waals surface area (Å²) in [5.41, 5.74) is 0. The van der Waals surface area contributed by atoms with Crippen molar-refractivity contribution in [1.29, 1.82) is 0 Å². The van der Waals surface area contributed by atoms with Crippen LogP contribution in [0.3, 0.4) is 0 Å². The van der Waals surface area contributed by atoms with Gasteiger partial charge >= 0.3 is 12.6 Å². The van der Waals surface area contributed by atoms with Gasteiger partial charge in [0.25, 0.3) is 0 Å². The SMILES string of the molecule is FC(F)OC1=COC=CO1. The van der Waals surface area contributed by atoms with Gasteiger partial charge in [0, 0.05) is 0 Å². The largest absolute Gasteiger partial charge is 0.462 e. The highest BCUT2D eigenvalue weighted by Gasteiger charge is 2.09. The summed E-state index contributed by atoms with van der Waals surface area (Å²) >= 11 is 0. The monoisotopic (exact) mass is 150 g/mol. The van der Waals surface area contributed by atoms with Gasteiger partial charge in [0.2, 0.25) is 0 Å². The molecular formula is C5H4F2O3. The lowest BCUT2D eigenvalue weighted by atomic mass is 10.8. The maximum atomic E-state index is 11.4. The third kappa shape index (κ3) is 1.93. The minimum Gasteiger partial charge on any atom is -0.462 e. The molecule has 0 N–H and O–H groups in total. The number of hydrogen-bond donors (Lipinski definition) is 0. The van der Waals surface area contributed by atoms with Crippen molar-refractivity contribution in [1.82, 2.24) is 0 Å². The van der Waals surface area contributed by atoms with Crippen molar-refractivity contribution >= 4 is 0 Å². The van der Waals surface area contributed by atoms with Crippen molar-refractivity contribution in [3.63, 3.8) is 0 Å². The summed E-state index contributed by atoms with van der Waals surface area (Å²) in [6.45, 7) is -2.89. The summed E-state index contributed by atoms with van der Waals surface area (Å²) < 4.78 is 35.5. The molecule has 0 aromatic heterocycles. The van der Waals surface area contributed by atoms with Crippen LogP contribution in [-0.4, -0.2) is 6.61 Å². The topological polar surface area (TPSA) is 27.7 Å². The molecule has 0 aliphatic carbocycles. The molecular weight excluding hydrogens is 146 g/mol. The molecule has 0 unspecified atom stereocenters. The van der Waals surface area contributed by atoms with Crippen LogP contribution in [0.4, 0.5) is 8.78 Å². The van der Waals surface area contributed by atoms with E-state index in [2.05, 4.69) is 14.2 Å². The highest BCUT2D eigenvalue weighted by molar-refractivity contribution is 4.86. The normalized spacial score (nSPS) is 15.7. The fraction of sp³-hybridized carbons (Fsp3) is 0.200. The molecule has 10 heavy (non-hydrogen) atoms. The van der Waals surface area contributed by atoms with Crippen molar-refractivity contribution in [3.8, 4) is 0 Å². The summed E-state index contributed by atoms with van der Waals surface area (Å²) in [6, 6.07) is 0. The van der Waals surface area contributed by atoms with Gasteiger partial charge in [0.15, 0.2) is 6.26 Å². The van der Waals surface area contributed by atoms with Gasteiger partial charge in [0.05, 0.1) is 0 Å². The Kier molecular flexibility index (Phi) is 2.09. The quantitative estimate of drug-likeness (QED) is 0.597. The van der Waals surface area contributed by atoms with E-state index in [1.807, 2.05) is 0 Å². The Morgan fingerprint density at radius 3 is 2.70 bits per heavy atom. The van der Waals surface area contributed by atoms with Crippen LogP contribution in [0.2, 0.25) is 0 Å². The first-order chi connectivity index (χ1) is 4.79. The molecule has 5 heteroatoms. The second-order valence-electron chi connectivity index (χ2n) is 1.34. The van der Waals surface area contributed by atoms with Gasteiger partial charge in [-0.15, -0.1) is 0 Å². The minimum absolute atomic E-state index is 0.350. The third-order valence-corrected chi connectivity index (χ3v) is 0.688. The molecule has 0 bridgehead atoms. The van der Waals surface area contributed by atoms with Crippen LogP contribution in [0, 0.1) is 0 Å². The van der Waals surface area contributed by atoms with Gasteiger partial charge in [-0.05, 0) is 0 Å². The van der Waals surface area contributed by atoms with Crippen molar-refractivity contribution in [2.24, 2.45) is 0 Å². The zero-order chi connectivity index (χ0) is 7.40. The van der Waals surface area contributed by atoms with Crippen LogP contribution in [0.5, 0.6) is 0 Å². The molecule has 0 radical (unpaired) electrons. The zero-order valence-corrected chi connectivity index (χ0v) is 4.79. The maximum absolute atomic E-state index is 11.4. The van der Waals surface area contributed by atoms with Crippen LogP contribution >= 0.6 is 0 Å². The Balaban J connectivity index is 2.34. The minimum atomic E-state index is -2.89. The van der Waals surface area contributed by atoms with E-state index in [1.54, 1.807) is 0 Å². The van der Waals surface area contributed by atoms with E-state index in [1.165, 1.54) is 6.26 Å². The molecule has 0 fully saturated rings. The van der Waals surface area contributed by atoms with Crippen molar-refractivity contribution in [2.45, 2.75) is 6.61 Å². The van der Waals surface area contributed by atoms with E-state index >= 15 is 0 Å². The fourth-order valence-electron chi connectivity index (χ4n) is 0.393. The van der Waals surface area contributed by atoms with E-state index in [-0.39, 0.29) is 5.95 Å². The van der Waals surface area contributed by atoms with E-state index in [0.29, 0.717) is 0 Å². The summed E-state index contributed by atoms with van der Waals surface area (Å²) in [4.78, 5) is 0. The van der Waals surface area contributed by atoms with Gasteiger partial charge in [-0.3, -0.25) is 0 Å².